The minimum absolute atomic E-state index is 0.177. The van der Waals surface area contributed by atoms with Crippen LogP contribution in [0.5, 0.6) is 0 Å². The van der Waals surface area contributed by atoms with Gasteiger partial charge in [-0.05, 0) is 36.3 Å². The Morgan fingerprint density at radius 2 is 1.90 bits per heavy atom. The molecule has 3 amide bonds. The number of rotatable bonds is 10. The highest BCUT2D eigenvalue weighted by molar-refractivity contribution is 7.13. The van der Waals surface area contributed by atoms with Crippen molar-refractivity contribution < 1.29 is 23.9 Å². The number of likely N-dealkylation sites (tertiary alicyclic amines) is 1. The van der Waals surface area contributed by atoms with Gasteiger partial charge in [0, 0.05) is 33.3 Å². The summed E-state index contributed by atoms with van der Waals surface area (Å²) < 4.78 is 10.8. The highest BCUT2D eigenvalue weighted by Gasteiger charge is 2.43. The Bertz CT molecular complexity index is 1190. The standard InChI is InChI=1S/C30H43N5O5S/c1-20-25(41-19-32-20)22-10-8-21(9-11-22)17-31-27(36)23-7-6-12-35(23)29(38)26(30(2,3)4)33-28(37)24-18-40-16-14-34(24)13-15-39-5/h8-11,19,23-24,26H,6-7,12-18H2,1-5H3,(H,31,36)(H,33,37)/t23-,24-,26+/m0/s1. The number of amides is 3. The zero-order chi connectivity index (χ0) is 29.6. The number of nitrogens with one attached hydrogen (secondary N) is 2. The van der Waals surface area contributed by atoms with Crippen molar-refractivity contribution in [3.63, 3.8) is 0 Å². The number of carbonyl (C=O) groups excluding carboxylic acids is 3. The fraction of sp³-hybridized carbons (Fsp3) is 0.600. The maximum Gasteiger partial charge on any atom is 0.246 e. The smallest absolute Gasteiger partial charge is 0.246 e. The number of benzene rings is 1. The van der Waals surface area contributed by atoms with Crippen LogP contribution in [0.25, 0.3) is 10.4 Å². The van der Waals surface area contributed by atoms with E-state index < -0.39 is 23.5 Å². The first kappa shape index (κ1) is 31.1. The summed E-state index contributed by atoms with van der Waals surface area (Å²) in [6.07, 6.45) is 1.33. The number of aryl methyl sites for hydroxylation is 1. The average Bonchev–Trinajstić information content (AvgIpc) is 3.62. The molecule has 0 radical (unpaired) electrons. The average molecular weight is 586 g/mol. The van der Waals surface area contributed by atoms with Crippen LogP contribution < -0.4 is 10.6 Å². The molecule has 0 bridgehead atoms. The molecule has 3 heterocycles. The number of hydrogen-bond donors (Lipinski definition) is 2. The minimum Gasteiger partial charge on any atom is -0.383 e. The molecule has 11 heteroatoms. The predicted molar refractivity (Wildman–Crippen MR) is 158 cm³/mol. The van der Waals surface area contributed by atoms with Crippen molar-refractivity contribution in [2.24, 2.45) is 5.41 Å². The largest absolute Gasteiger partial charge is 0.383 e. The van der Waals surface area contributed by atoms with Crippen molar-refractivity contribution in [1.29, 1.82) is 0 Å². The first-order chi connectivity index (χ1) is 19.6. The van der Waals surface area contributed by atoms with Gasteiger partial charge in [0.1, 0.15) is 18.1 Å². The van der Waals surface area contributed by atoms with Crippen LogP contribution in [0.1, 0.15) is 44.9 Å². The Morgan fingerprint density at radius 3 is 2.56 bits per heavy atom. The summed E-state index contributed by atoms with van der Waals surface area (Å²) >= 11 is 1.61. The number of morpholine rings is 1. The van der Waals surface area contributed by atoms with Gasteiger partial charge < -0.3 is 25.0 Å². The zero-order valence-corrected chi connectivity index (χ0v) is 25.6. The number of aromatic nitrogens is 1. The Labute approximate surface area is 246 Å². The van der Waals surface area contributed by atoms with Crippen molar-refractivity contribution in [3.05, 3.63) is 41.0 Å². The molecule has 2 aliphatic heterocycles. The van der Waals surface area contributed by atoms with Gasteiger partial charge in [-0.1, -0.05) is 45.0 Å². The molecule has 2 aliphatic rings. The van der Waals surface area contributed by atoms with E-state index in [1.165, 1.54) is 0 Å². The quantitative estimate of drug-likeness (QED) is 0.441. The van der Waals surface area contributed by atoms with Crippen LogP contribution in [0.15, 0.2) is 29.8 Å². The van der Waals surface area contributed by atoms with Crippen LogP contribution in [0, 0.1) is 12.3 Å². The molecule has 224 valence electrons. The van der Waals surface area contributed by atoms with Gasteiger partial charge in [0.15, 0.2) is 0 Å². The fourth-order valence-electron chi connectivity index (χ4n) is 5.37. The summed E-state index contributed by atoms with van der Waals surface area (Å²) in [5.74, 6) is -0.650. The Balaban J connectivity index is 1.39. The summed E-state index contributed by atoms with van der Waals surface area (Å²) in [7, 11) is 1.63. The Hall–Kier alpha value is -2.86. The molecule has 2 aromatic rings. The van der Waals surface area contributed by atoms with Crippen LogP contribution in [-0.2, 0) is 30.4 Å². The van der Waals surface area contributed by atoms with Gasteiger partial charge in [0.2, 0.25) is 17.7 Å². The number of carbonyl (C=O) groups is 3. The second-order valence-electron chi connectivity index (χ2n) is 11.8. The lowest BCUT2D eigenvalue weighted by atomic mass is 9.85. The van der Waals surface area contributed by atoms with Gasteiger partial charge in [-0.2, -0.15) is 0 Å². The molecule has 0 unspecified atom stereocenters. The van der Waals surface area contributed by atoms with Gasteiger partial charge >= 0.3 is 0 Å². The molecule has 4 rings (SSSR count). The summed E-state index contributed by atoms with van der Waals surface area (Å²) in [4.78, 5) is 49.7. The van der Waals surface area contributed by atoms with E-state index in [0.29, 0.717) is 45.8 Å². The van der Waals surface area contributed by atoms with Gasteiger partial charge in [-0.25, -0.2) is 4.98 Å². The van der Waals surface area contributed by atoms with Crippen LogP contribution in [-0.4, -0.2) is 97.2 Å². The molecule has 1 aromatic carbocycles. The molecule has 41 heavy (non-hydrogen) atoms. The van der Waals surface area contributed by atoms with Crippen molar-refractivity contribution in [2.75, 3.05) is 46.6 Å². The van der Waals surface area contributed by atoms with E-state index >= 15 is 0 Å². The van der Waals surface area contributed by atoms with Crippen molar-refractivity contribution in [2.45, 2.75) is 65.2 Å². The number of thiazole rings is 1. The molecule has 2 fully saturated rings. The van der Waals surface area contributed by atoms with E-state index in [1.54, 1.807) is 23.3 Å². The lowest BCUT2D eigenvalue weighted by Gasteiger charge is -2.39. The molecule has 3 atom stereocenters. The highest BCUT2D eigenvalue weighted by Crippen LogP contribution is 2.28. The Kier molecular flexibility index (Phi) is 10.5. The van der Waals surface area contributed by atoms with Crippen molar-refractivity contribution in [3.8, 4) is 10.4 Å². The topological polar surface area (TPSA) is 113 Å². The van der Waals surface area contributed by atoms with E-state index in [-0.39, 0.29) is 24.3 Å². The number of hydrogen-bond acceptors (Lipinski definition) is 8. The monoisotopic (exact) mass is 585 g/mol. The van der Waals surface area contributed by atoms with Gasteiger partial charge in [-0.15, -0.1) is 11.3 Å². The van der Waals surface area contributed by atoms with Crippen molar-refractivity contribution in [1.82, 2.24) is 25.4 Å². The van der Waals surface area contributed by atoms with Gasteiger partial charge in [0.05, 0.1) is 35.9 Å². The van der Waals surface area contributed by atoms with Crippen LogP contribution in [0.3, 0.4) is 0 Å². The highest BCUT2D eigenvalue weighted by atomic mass is 32.1. The summed E-state index contributed by atoms with van der Waals surface area (Å²) in [5.41, 5.74) is 4.37. The van der Waals surface area contributed by atoms with E-state index in [0.717, 1.165) is 28.1 Å². The lowest BCUT2D eigenvalue weighted by Crippen LogP contribution is -2.62. The van der Waals surface area contributed by atoms with Crippen molar-refractivity contribution >= 4 is 29.1 Å². The maximum atomic E-state index is 13.9. The SMILES string of the molecule is COCCN1CCOC[C@H]1C(=O)N[C@H](C(=O)N1CCC[C@H]1C(=O)NCc1ccc(-c2scnc2C)cc1)C(C)(C)C. The predicted octanol–water partition coefficient (Wildman–Crippen LogP) is 2.60. The Morgan fingerprint density at radius 1 is 1.15 bits per heavy atom. The maximum absolute atomic E-state index is 13.9. The third-order valence-electron chi connectivity index (χ3n) is 7.79. The molecule has 0 spiro atoms. The van der Waals surface area contributed by atoms with Crippen LogP contribution >= 0.6 is 11.3 Å². The third-order valence-corrected chi connectivity index (χ3v) is 8.77. The molecule has 1 aromatic heterocycles. The van der Waals surface area contributed by atoms with Crippen LogP contribution in [0.2, 0.25) is 0 Å². The third kappa shape index (κ3) is 7.71. The van der Waals surface area contributed by atoms with Crippen LogP contribution in [0.4, 0.5) is 0 Å². The summed E-state index contributed by atoms with van der Waals surface area (Å²) in [6, 6.07) is 6.23. The van der Waals surface area contributed by atoms with Gasteiger partial charge in [-0.3, -0.25) is 19.3 Å². The van der Waals surface area contributed by atoms with Gasteiger partial charge in [0.25, 0.3) is 0 Å². The molecule has 2 N–H and O–H groups in total. The minimum atomic E-state index is -0.780. The second-order valence-corrected chi connectivity index (χ2v) is 12.7. The molecule has 0 saturated carbocycles. The van der Waals surface area contributed by atoms with E-state index in [9.17, 15) is 14.4 Å². The first-order valence-corrected chi connectivity index (χ1v) is 15.2. The molecular weight excluding hydrogens is 542 g/mol. The van der Waals surface area contributed by atoms with E-state index in [2.05, 4.69) is 15.6 Å². The molecule has 0 aliphatic carbocycles. The molecule has 2 saturated heterocycles. The molecular formula is C30H43N5O5S. The summed E-state index contributed by atoms with van der Waals surface area (Å²) in [5, 5.41) is 6.04. The number of nitrogens with zero attached hydrogens (tertiary/aromatic N) is 3. The molecule has 10 nitrogen and oxygen atoms in total. The first-order valence-electron chi connectivity index (χ1n) is 14.3. The van der Waals surface area contributed by atoms with E-state index in [1.807, 2.05) is 62.4 Å². The lowest BCUT2D eigenvalue weighted by molar-refractivity contribution is -0.146. The zero-order valence-electron chi connectivity index (χ0n) is 24.8. The number of methoxy groups -OCH3 is 1. The van der Waals surface area contributed by atoms with E-state index in [4.69, 9.17) is 9.47 Å². The fourth-order valence-corrected chi connectivity index (χ4v) is 6.18. The second kappa shape index (κ2) is 13.9. The summed E-state index contributed by atoms with van der Waals surface area (Å²) in [6.45, 7) is 11.2. The normalized spacial score (nSPS) is 20.6. The number of ether oxygens (including phenoxy) is 2.